The fourth-order valence-corrected chi connectivity index (χ4v) is 3.28. The minimum absolute atomic E-state index is 0.0166. The van der Waals surface area contributed by atoms with Gasteiger partial charge in [0, 0.05) is 19.5 Å². The number of nitrogens with one attached hydrogen (secondary N) is 1. The molecule has 2 amide bonds. The van der Waals surface area contributed by atoms with Gasteiger partial charge in [0.25, 0.3) is 0 Å². The second kappa shape index (κ2) is 9.19. The number of ether oxygens (including phenoxy) is 1. The minimum atomic E-state index is -4.54. The number of halogens is 3. The molecule has 0 aromatic heterocycles. The number of rotatable bonds is 7. The number of carbonyl (C=O) groups is 2. The van der Waals surface area contributed by atoms with Crippen LogP contribution in [0.15, 0.2) is 48.5 Å². The van der Waals surface area contributed by atoms with E-state index in [2.05, 4.69) is 5.32 Å². The predicted molar refractivity (Wildman–Crippen MR) is 106 cm³/mol. The van der Waals surface area contributed by atoms with Gasteiger partial charge in [0.05, 0.1) is 23.8 Å². The Balaban J connectivity index is 1.72. The monoisotopic (exact) mass is 420 g/mol. The van der Waals surface area contributed by atoms with Crippen molar-refractivity contribution in [2.45, 2.75) is 32.5 Å². The van der Waals surface area contributed by atoms with Gasteiger partial charge in [-0.15, -0.1) is 0 Å². The number of hydrogen-bond donors (Lipinski definition) is 1. The van der Waals surface area contributed by atoms with E-state index in [0.717, 1.165) is 17.7 Å². The van der Waals surface area contributed by atoms with Gasteiger partial charge in [0.2, 0.25) is 11.8 Å². The maximum Gasteiger partial charge on any atom is 0.416 e. The summed E-state index contributed by atoms with van der Waals surface area (Å²) in [6, 6.07) is 12.4. The van der Waals surface area contributed by atoms with Gasteiger partial charge >= 0.3 is 6.18 Å². The summed E-state index contributed by atoms with van der Waals surface area (Å²) in [5, 5.41) is 2.54. The van der Waals surface area contributed by atoms with Crippen LogP contribution in [0.1, 0.15) is 30.9 Å². The van der Waals surface area contributed by atoms with Crippen molar-refractivity contribution in [1.29, 1.82) is 0 Å². The zero-order valence-electron chi connectivity index (χ0n) is 16.5. The summed E-state index contributed by atoms with van der Waals surface area (Å²) in [6.07, 6.45) is -3.86. The average molecular weight is 420 g/mol. The number of likely N-dealkylation sites (tertiary alicyclic amines) is 1. The summed E-state index contributed by atoms with van der Waals surface area (Å²) in [7, 11) is 0. The first-order valence-electron chi connectivity index (χ1n) is 9.74. The molecular weight excluding hydrogens is 397 g/mol. The molecule has 1 atom stereocenters. The summed E-state index contributed by atoms with van der Waals surface area (Å²) >= 11 is 0. The highest BCUT2D eigenvalue weighted by Gasteiger charge is 2.35. The number of carbonyl (C=O) groups excluding carboxylic acids is 2. The Kier molecular flexibility index (Phi) is 6.64. The maximum absolute atomic E-state index is 13.1. The zero-order valence-corrected chi connectivity index (χ0v) is 16.5. The van der Waals surface area contributed by atoms with E-state index in [1.165, 1.54) is 6.07 Å². The SMILES string of the molecule is CCCOc1ccc(C(F)(F)F)cc1NC(=O)C1CC(=O)N(Cc2ccccc2)C1. The number of nitrogens with zero attached hydrogens (tertiary/aromatic N) is 1. The molecular formula is C22H23F3N2O3. The Labute approximate surface area is 172 Å². The molecule has 1 saturated heterocycles. The number of benzene rings is 2. The third-order valence-electron chi connectivity index (χ3n) is 4.83. The highest BCUT2D eigenvalue weighted by atomic mass is 19.4. The number of amides is 2. The van der Waals surface area contributed by atoms with E-state index in [-0.39, 0.29) is 30.3 Å². The Bertz CT molecular complexity index is 900. The van der Waals surface area contributed by atoms with Gasteiger partial charge in [-0.05, 0) is 30.2 Å². The molecule has 0 radical (unpaired) electrons. The molecule has 1 N–H and O–H groups in total. The van der Waals surface area contributed by atoms with Crippen molar-refractivity contribution >= 4 is 17.5 Å². The third kappa shape index (κ3) is 5.31. The summed E-state index contributed by atoms with van der Waals surface area (Å²) in [5.74, 6) is -1.14. The Morgan fingerprint density at radius 1 is 1.20 bits per heavy atom. The maximum atomic E-state index is 13.1. The average Bonchev–Trinajstić information content (AvgIpc) is 3.07. The van der Waals surface area contributed by atoms with E-state index in [4.69, 9.17) is 4.74 Å². The quantitative estimate of drug-likeness (QED) is 0.719. The van der Waals surface area contributed by atoms with Crippen LogP contribution < -0.4 is 10.1 Å². The molecule has 1 aliphatic rings. The first-order chi connectivity index (χ1) is 14.3. The highest BCUT2D eigenvalue weighted by Crippen LogP contribution is 2.35. The molecule has 1 aliphatic heterocycles. The van der Waals surface area contributed by atoms with Gasteiger partial charge < -0.3 is 15.0 Å². The zero-order chi connectivity index (χ0) is 21.7. The Hall–Kier alpha value is -3.03. The van der Waals surface area contributed by atoms with Crippen LogP contribution in [-0.2, 0) is 22.3 Å². The van der Waals surface area contributed by atoms with Crippen LogP contribution in [0.4, 0.5) is 18.9 Å². The van der Waals surface area contributed by atoms with Gasteiger partial charge in [-0.2, -0.15) is 13.2 Å². The van der Waals surface area contributed by atoms with Crippen molar-refractivity contribution < 1.29 is 27.5 Å². The van der Waals surface area contributed by atoms with Crippen molar-refractivity contribution in [3.05, 3.63) is 59.7 Å². The molecule has 1 unspecified atom stereocenters. The largest absolute Gasteiger partial charge is 0.491 e. The molecule has 8 heteroatoms. The van der Waals surface area contributed by atoms with Gasteiger partial charge in [-0.1, -0.05) is 37.3 Å². The molecule has 30 heavy (non-hydrogen) atoms. The van der Waals surface area contributed by atoms with Gasteiger partial charge in [-0.3, -0.25) is 9.59 Å². The lowest BCUT2D eigenvalue weighted by atomic mass is 10.1. The molecule has 0 aliphatic carbocycles. The smallest absolute Gasteiger partial charge is 0.416 e. The highest BCUT2D eigenvalue weighted by molar-refractivity contribution is 5.98. The van der Waals surface area contributed by atoms with Crippen LogP contribution >= 0.6 is 0 Å². The topological polar surface area (TPSA) is 58.6 Å². The summed E-state index contributed by atoms with van der Waals surface area (Å²) in [5.41, 5.74) is 0.0205. The minimum Gasteiger partial charge on any atom is -0.491 e. The van der Waals surface area contributed by atoms with E-state index >= 15 is 0 Å². The van der Waals surface area contributed by atoms with Crippen molar-refractivity contribution in [3.63, 3.8) is 0 Å². The molecule has 160 valence electrons. The molecule has 3 rings (SSSR count). The van der Waals surface area contributed by atoms with Gasteiger partial charge in [0.15, 0.2) is 0 Å². The first-order valence-corrected chi connectivity index (χ1v) is 9.74. The molecule has 0 saturated carbocycles. The van der Waals surface area contributed by atoms with E-state index in [9.17, 15) is 22.8 Å². The van der Waals surface area contributed by atoms with Crippen molar-refractivity contribution in [1.82, 2.24) is 4.90 Å². The first kappa shape index (κ1) is 21.7. The summed E-state index contributed by atoms with van der Waals surface area (Å²) < 4.78 is 44.8. The van der Waals surface area contributed by atoms with E-state index in [1.807, 2.05) is 37.3 Å². The number of alkyl halides is 3. The molecule has 0 bridgehead atoms. The summed E-state index contributed by atoms with van der Waals surface area (Å²) in [6.45, 7) is 2.77. The normalized spacial score (nSPS) is 16.6. The number of anilines is 1. The molecule has 5 nitrogen and oxygen atoms in total. The standard InChI is InChI=1S/C22H23F3N2O3/c1-2-10-30-19-9-8-17(22(23,24)25)12-18(19)26-21(29)16-11-20(28)27(14-16)13-15-6-4-3-5-7-15/h3-9,12,16H,2,10-11,13-14H2,1H3,(H,26,29). The van der Waals surface area contributed by atoms with Crippen molar-refractivity contribution in [3.8, 4) is 5.75 Å². The van der Waals surface area contributed by atoms with Crippen molar-refractivity contribution in [2.75, 3.05) is 18.5 Å². The molecule has 2 aromatic rings. The predicted octanol–water partition coefficient (Wildman–Crippen LogP) is 4.48. The second-order valence-corrected chi connectivity index (χ2v) is 7.21. The fraction of sp³-hybridized carbons (Fsp3) is 0.364. The molecule has 1 fully saturated rings. The van der Waals surface area contributed by atoms with Gasteiger partial charge in [0.1, 0.15) is 5.75 Å². The van der Waals surface area contributed by atoms with E-state index in [1.54, 1.807) is 4.90 Å². The lowest BCUT2D eigenvalue weighted by Gasteiger charge is -2.18. The van der Waals surface area contributed by atoms with E-state index in [0.29, 0.717) is 19.6 Å². The van der Waals surface area contributed by atoms with Crippen LogP contribution in [0.2, 0.25) is 0 Å². The fourth-order valence-electron chi connectivity index (χ4n) is 3.28. The Morgan fingerprint density at radius 2 is 1.93 bits per heavy atom. The van der Waals surface area contributed by atoms with Crippen LogP contribution in [-0.4, -0.2) is 29.9 Å². The Morgan fingerprint density at radius 3 is 2.60 bits per heavy atom. The molecule has 1 heterocycles. The third-order valence-corrected chi connectivity index (χ3v) is 4.83. The molecule has 0 spiro atoms. The summed E-state index contributed by atoms with van der Waals surface area (Å²) in [4.78, 5) is 26.6. The van der Waals surface area contributed by atoms with Crippen LogP contribution in [0.5, 0.6) is 5.75 Å². The van der Waals surface area contributed by atoms with Crippen LogP contribution in [0.3, 0.4) is 0 Å². The van der Waals surface area contributed by atoms with Gasteiger partial charge in [-0.25, -0.2) is 0 Å². The van der Waals surface area contributed by atoms with E-state index < -0.39 is 23.6 Å². The number of hydrogen-bond acceptors (Lipinski definition) is 3. The second-order valence-electron chi connectivity index (χ2n) is 7.21. The lowest BCUT2D eigenvalue weighted by Crippen LogP contribution is -2.28. The molecule has 2 aromatic carbocycles. The van der Waals surface area contributed by atoms with Crippen LogP contribution in [0.25, 0.3) is 0 Å². The van der Waals surface area contributed by atoms with Crippen molar-refractivity contribution in [2.24, 2.45) is 5.92 Å². The van der Waals surface area contributed by atoms with Crippen LogP contribution in [0, 0.1) is 5.92 Å². The lowest BCUT2D eigenvalue weighted by molar-refractivity contribution is -0.137.